The fraction of sp³-hybridized carbons (Fsp3) is 0.300. The summed E-state index contributed by atoms with van der Waals surface area (Å²) in [6, 6.07) is 9.98. The number of aromatic hydroxyl groups is 1. The molecule has 0 atom stereocenters. The lowest BCUT2D eigenvalue weighted by Crippen LogP contribution is -2.52. The molecule has 1 fully saturated rings. The standard InChI is InChI=1S/C20H20N2O6S/c21-29(26,27)15-4-1-13(2-5-15)19(25)22-9-7-20(8-10-22)12-17(24)16-11-14(23)3-6-18(16)28-20/h1-6,11,23H,7-10,12H2,(H2,21,26,27). The van der Waals surface area contributed by atoms with Gasteiger partial charge in [-0.3, -0.25) is 9.59 Å². The Balaban J connectivity index is 1.46. The Morgan fingerprint density at radius 2 is 1.76 bits per heavy atom. The van der Waals surface area contributed by atoms with E-state index in [2.05, 4.69) is 0 Å². The van der Waals surface area contributed by atoms with Crippen LogP contribution in [0.15, 0.2) is 47.4 Å². The summed E-state index contributed by atoms with van der Waals surface area (Å²) in [4.78, 5) is 26.9. The van der Waals surface area contributed by atoms with Crippen LogP contribution in [0, 0.1) is 0 Å². The molecule has 152 valence electrons. The van der Waals surface area contributed by atoms with Gasteiger partial charge in [0.05, 0.1) is 16.9 Å². The Hall–Kier alpha value is -2.91. The SMILES string of the molecule is NS(=O)(=O)c1ccc(C(=O)N2CCC3(CC2)CC(=O)c2cc(O)ccc2O3)cc1. The molecule has 1 amide bonds. The van der Waals surface area contributed by atoms with Crippen LogP contribution in [0.1, 0.15) is 40.0 Å². The van der Waals surface area contributed by atoms with Gasteiger partial charge in [-0.2, -0.15) is 0 Å². The number of phenolic OH excluding ortho intramolecular Hbond substituents is 1. The van der Waals surface area contributed by atoms with Crippen molar-refractivity contribution in [2.75, 3.05) is 13.1 Å². The Labute approximate surface area is 167 Å². The first kappa shape index (κ1) is 19.4. The van der Waals surface area contributed by atoms with Crippen LogP contribution >= 0.6 is 0 Å². The molecular formula is C20H20N2O6S. The van der Waals surface area contributed by atoms with Gasteiger partial charge in [-0.25, -0.2) is 13.6 Å². The number of amides is 1. The number of ether oxygens (including phenoxy) is 1. The van der Waals surface area contributed by atoms with Gasteiger partial charge in [0, 0.05) is 31.5 Å². The predicted octanol–water partition coefficient (Wildman–Crippen LogP) is 1.68. The molecule has 1 saturated heterocycles. The summed E-state index contributed by atoms with van der Waals surface area (Å²) in [5, 5.41) is 14.7. The first-order valence-electron chi connectivity index (χ1n) is 9.14. The van der Waals surface area contributed by atoms with Crippen LogP contribution in [-0.2, 0) is 10.0 Å². The zero-order valence-corrected chi connectivity index (χ0v) is 16.3. The maximum atomic E-state index is 12.7. The van der Waals surface area contributed by atoms with E-state index in [9.17, 15) is 23.1 Å². The lowest BCUT2D eigenvalue weighted by Gasteiger charge is -2.44. The van der Waals surface area contributed by atoms with Gasteiger partial charge in [-0.15, -0.1) is 0 Å². The van der Waals surface area contributed by atoms with Crippen LogP contribution in [0.3, 0.4) is 0 Å². The molecule has 0 unspecified atom stereocenters. The number of carbonyl (C=O) groups is 2. The minimum absolute atomic E-state index is 0.0190. The third-order valence-electron chi connectivity index (χ3n) is 5.46. The number of rotatable bonds is 2. The van der Waals surface area contributed by atoms with Crippen LogP contribution in [0.4, 0.5) is 0 Å². The highest BCUT2D eigenvalue weighted by Crippen LogP contribution is 2.40. The number of ketones is 1. The summed E-state index contributed by atoms with van der Waals surface area (Å²) in [6.07, 6.45) is 1.20. The fourth-order valence-corrected chi connectivity index (χ4v) is 4.36. The highest BCUT2D eigenvalue weighted by atomic mass is 32.2. The second-order valence-corrected chi connectivity index (χ2v) is 8.99. The molecule has 2 aliphatic rings. The lowest BCUT2D eigenvalue weighted by atomic mass is 9.82. The van der Waals surface area contributed by atoms with Crippen LogP contribution in [0.2, 0.25) is 0 Å². The van der Waals surface area contributed by atoms with E-state index < -0.39 is 15.6 Å². The highest BCUT2D eigenvalue weighted by Gasteiger charge is 2.43. The molecule has 1 spiro atoms. The van der Waals surface area contributed by atoms with Crippen molar-refractivity contribution < 1.29 is 27.9 Å². The number of hydrogen-bond donors (Lipinski definition) is 2. The van der Waals surface area contributed by atoms with E-state index in [1.54, 1.807) is 11.0 Å². The van der Waals surface area contributed by atoms with Crippen molar-refractivity contribution in [1.29, 1.82) is 0 Å². The van der Waals surface area contributed by atoms with E-state index in [0.29, 0.717) is 42.8 Å². The monoisotopic (exact) mass is 416 g/mol. The van der Waals surface area contributed by atoms with Crippen molar-refractivity contribution in [3.8, 4) is 11.5 Å². The van der Waals surface area contributed by atoms with Crippen LogP contribution in [0.25, 0.3) is 0 Å². The number of carbonyl (C=O) groups excluding carboxylic acids is 2. The number of fused-ring (bicyclic) bond motifs is 1. The number of phenols is 1. The van der Waals surface area contributed by atoms with E-state index in [1.165, 1.54) is 36.4 Å². The molecule has 0 aromatic heterocycles. The molecule has 0 saturated carbocycles. The Kier molecular flexibility index (Phi) is 4.59. The molecule has 2 aromatic rings. The average molecular weight is 416 g/mol. The molecule has 8 nitrogen and oxygen atoms in total. The van der Waals surface area contributed by atoms with Crippen molar-refractivity contribution >= 4 is 21.7 Å². The second kappa shape index (κ2) is 6.85. The van der Waals surface area contributed by atoms with Crippen molar-refractivity contribution in [3.05, 3.63) is 53.6 Å². The van der Waals surface area contributed by atoms with Gasteiger partial charge < -0.3 is 14.7 Å². The molecule has 3 N–H and O–H groups in total. The molecule has 2 aliphatic heterocycles. The summed E-state index contributed by atoms with van der Waals surface area (Å²) >= 11 is 0. The summed E-state index contributed by atoms with van der Waals surface area (Å²) in [6.45, 7) is 0.826. The number of benzene rings is 2. The number of nitrogens with two attached hydrogens (primary N) is 1. The number of Topliss-reactive ketones (excluding diaryl/α,β-unsaturated/α-hetero) is 1. The van der Waals surface area contributed by atoms with E-state index in [1.807, 2.05) is 0 Å². The quantitative estimate of drug-likeness (QED) is 0.767. The van der Waals surface area contributed by atoms with Crippen molar-refractivity contribution in [2.24, 2.45) is 5.14 Å². The van der Waals surface area contributed by atoms with E-state index >= 15 is 0 Å². The first-order valence-corrected chi connectivity index (χ1v) is 10.7. The second-order valence-electron chi connectivity index (χ2n) is 7.43. The third kappa shape index (κ3) is 3.70. The zero-order valence-electron chi connectivity index (χ0n) is 15.5. The normalized spacial score (nSPS) is 18.2. The summed E-state index contributed by atoms with van der Waals surface area (Å²) in [5.41, 5.74) is 0.0915. The van der Waals surface area contributed by atoms with Crippen molar-refractivity contribution in [2.45, 2.75) is 29.8 Å². The number of hydrogen-bond acceptors (Lipinski definition) is 6. The minimum Gasteiger partial charge on any atom is -0.508 e. The van der Waals surface area contributed by atoms with Gasteiger partial charge in [0.1, 0.15) is 17.1 Å². The van der Waals surface area contributed by atoms with E-state index in [4.69, 9.17) is 9.88 Å². The number of piperidine rings is 1. The largest absolute Gasteiger partial charge is 0.508 e. The number of likely N-dealkylation sites (tertiary alicyclic amines) is 1. The van der Waals surface area contributed by atoms with Gasteiger partial charge in [-0.1, -0.05) is 0 Å². The van der Waals surface area contributed by atoms with Gasteiger partial charge in [0.25, 0.3) is 5.91 Å². The maximum absolute atomic E-state index is 12.7. The van der Waals surface area contributed by atoms with Crippen LogP contribution < -0.4 is 9.88 Å². The van der Waals surface area contributed by atoms with Gasteiger partial charge >= 0.3 is 0 Å². The third-order valence-corrected chi connectivity index (χ3v) is 6.39. The maximum Gasteiger partial charge on any atom is 0.253 e. The molecular weight excluding hydrogens is 396 g/mol. The van der Waals surface area contributed by atoms with Crippen LogP contribution in [-0.4, -0.2) is 48.8 Å². The summed E-state index contributed by atoms with van der Waals surface area (Å²) in [7, 11) is -3.81. The van der Waals surface area contributed by atoms with E-state index in [0.717, 1.165) is 0 Å². The Morgan fingerprint density at radius 1 is 1.10 bits per heavy atom. The summed E-state index contributed by atoms with van der Waals surface area (Å²) < 4.78 is 28.8. The van der Waals surface area contributed by atoms with Crippen molar-refractivity contribution in [3.63, 3.8) is 0 Å². The molecule has 0 radical (unpaired) electrons. The number of nitrogens with zero attached hydrogens (tertiary/aromatic N) is 1. The number of primary sulfonamides is 1. The molecule has 2 aromatic carbocycles. The van der Waals surface area contributed by atoms with Crippen LogP contribution in [0.5, 0.6) is 11.5 Å². The van der Waals surface area contributed by atoms with E-state index in [-0.39, 0.29) is 28.8 Å². The highest BCUT2D eigenvalue weighted by molar-refractivity contribution is 7.89. The molecule has 29 heavy (non-hydrogen) atoms. The van der Waals surface area contributed by atoms with Gasteiger partial charge in [0.2, 0.25) is 10.0 Å². The first-order chi connectivity index (χ1) is 13.7. The van der Waals surface area contributed by atoms with Gasteiger partial charge in [0.15, 0.2) is 5.78 Å². The average Bonchev–Trinajstić information content (AvgIpc) is 2.68. The minimum atomic E-state index is -3.81. The topological polar surface area (TPSA) is 127 Å². The zero-order chi connectivity index (χ0) is 20.8. The number of sulfonamides is 1. The molecule has 0 bridgehead atoms. The smallest absolute Gasteiger partial charge is 0.253 e. The summed E-state index contributed by atoms with van der Waals surface area (Å²) in [5.74, 6) is 0.178. The van der Waals surface area contributed by atoms with Gasteiger partial charge in [-0.05, 0) is 42.5 Å². The van der Waals surface area contributed by atoms with Crippen molar-refractivity contribution in [1.82, 2.24) is 4.90 Å². The Bertz CT molecular complexity index is 1090. The fourth-order valence-electron chi connectivity index (χ4n) is 3.85. The molecule has 0 aliphatic carbocycles. The molecule has 2 heterocycles. The Morgan fingerprint density at radius 3 is 2.38 bits per heavy atom. The molecule has 9 heteroatoms. The predicted molar refractivity (Wildman–Crippen MR) is 103 cm³/mol. The lowest BCUT2D eigenvalue weighted by molar-refractivity contribution is -0.00578. The molecule has 4 rings (SSSR count).